The van der Waals surface area contributed by atoms with Crippen LogP contribution in [0.3, 0.4) is 0 Å². The van der Waals surface area contributed by atoms with Gasteiger partial charge in [0.1, 0.15) is 6.20 Å². The molecule has 0 unspecified atom stereocenters. The molecule has 0 bridgehead atoms. The molecule has 0 aliphatic heterocycles. The summed E-state index contributed by atoms with van der Waals surface area (Å²) in [6.07, 6.45) is 2.71. The van der Waals surface area contributed by atoms with Crippen LogP contribution in [0.5, 0.6) is 0 Å². The standard InChI is InChI=1S/C12H10N6O2/c1-7-2-3-8-5-15-17(9(8)4-7)11-10(18(19)20)6-14-12(13)16-11/h2-6H,1H3,(H2,13,14,16). The normalized spacial score (nSPS) is 10.8. The first-order valence-corrected chi connectivity index (χ1v) is 5.78. The van der Waals surface area contributed by atoms with Gasteiger partial charge in [-0.3, -0.25) is 10.1 Å². The van der Waals surface area contributed by atoms with Gasteiger partial charge in [-0.05, 0) is 18.6 Å². The summed E-state index contributed by atoms with van der Waals surface area (Å²) in [5.74, 6) is 0.0185. The molecule has 0 spiro atoms. The number of nitrogens with zero attached hydrogens (tertiary/aromatic N) is 5. The van der Waals surface area contributed by atoms with Crippen molar-refractivity contribution in [2.75, 3.05) is 5.73 Å². The van der Waals surface area contributed by atoms with Gasteiger partial charge in [-0.1, -0.05) is 12.1 Å². The van der Waals surface area contributed by atoms with E-state index in [0.29, 0.717) is 0 Å². The Morgan fingerprint density at radius 2 is 2.15 bits per heavy atom. The van der Waals surface area contributed by atoms with E-state index in [-0.39, 0.29) is 17.5 Å². The first kappa shape index (κ1) is 12.0. The van der Waals surface area contributed by atoms with Crippen LogP contribution in [0.1, 0.15) is 5.56 Å². The average Bonchev–Trinajstić information content (AvgIpc) is 2.81. The van der Waals surface area contributed by atoms with E-state index in [2.05, 4.69) is 15.1 Å². The predicted molar refractivity (Wildman–Crippen MR) is 72.5 cm³/mol. The number of aryl methyl sites for hydroxylation is 1. The molecular formula is C12H10N6O2. The lowest BCUT2D eigenvalue weighted by Crippen LogP contribution is -2.07. The molecule has 0 atom stereocenters. The van der Waals surface area contributed by atoms with E-state index in [4.69, 9.17) is 5.73 Å². The number of nitrogens with two attached hydrogens (primary N) is 1. The number of nitrogen functional groups attached to an aromatic ring is 1. The molecule has 3 rings (SSSR count). The highest BCUT2D eigenvalue weighted by atomic mass is 16.6. The topological polar surface area (TPSA) is 113 Å². The minimum Gasteiger partial charge on any atom is -0.368 e. The van der Waals surface area contributed by atoms with Gasteiger partial charge < -0.3 is 5.73 Å². The molecule has 3 aromatic rings. The average molecular weight is 270 g/mol. The Morgan fingerprint density at radius 3 is 2.90 bits per heavy atom. The van der Waals surface area contributed by atoms with E-state index >= 15 is 0 Å². The maximum atomic E-state index is 11.1. The summed E-state index contributed by atoms with van der Waals surface area (Å²) in [5, 5.41) is 16.1. The molecule has 2 heterocycles. The van der Waals surface area contributed by atoms with Gasteiger partial charge in [0, 0.05) is 5.39 Å². The second-order valence-electron chi connectivity index (χ2n) is 4.31. The van der Waals surface area contributed by atoms with Gasteiger partial charge in [0.05, 0.1) is 16.6 Å². The molecule has 8 heteroatoms. The Hall–Kier alpha value is -3.03. The van der Waals surface area contributed by atoms with Crippen molar-refractivity contribution in [2.24, 2.45) is 0 Å². The Balaban J connectivity index is 2.33. The third-order valence-electron chi connectivity index (χ3n) is 2.89. The van der Waals surface area contributed by atoms with Gasteiger partial charge in [0.25, 0.3) is 0 Å². The fourth-order valence-corrected chi connectivity index (χ4v) is 1.96. The number of rotatable bonds is 2. The van der Waals surface area contributed by atoms with Crippen LogP contribution in [-0.4, -0.2) is 24.7 Å². The van der Waals surface area contributed by atoms with Gasteiger partial charge in [-0.15, -0.1) is 0 Å². The zero-order chi connectivity index (χ0) is 14.3. The van der Waals surface area contributed by atoms with Crippen molar-refractivity contribution in [2.45, 2.75) is 6.92 Å². The van der Waals surface area contributed by atoms with E-state index in [1.54, 1.807) is 6.20 Å². The molecule has 0 saturated carbocycles. The molecule has 0 aliphatic carbocycles. The maximum Gasteiger partial charge on any atom is 0.332 e. The van der Waals surface area contributed by atoms with Crippen molar-refractivity contribution in [3.8, 4) is 5.82 Å². The molecule has 1 aromatic carbocycles. The van der Waals surface area contributed by atoms with Crippen molar-refractivity contribution in [1.29, 1.82) is 0 Å². The van der Waals surface area contributed by atoms with E-state index in [1.165, 1.54) is 4.68 Å². The molecule has 2 N–H and O–H groups in total. The number of anilines is 1. The van der Waals surface area contributed by atoms with Crippen LogP contribution in [0, 0.1) is 17.0 Å². The molecule has 0 fully saturated rings. The number of benzene rings is 1. The van der Waals surface area contributed by atoms with E-state index in [0.717, 1.165) is 22.7 Å². The summed E-state index contributed by atoms with van der Waals surface area (Å²) in [7, 11) is 0. The summed E-state index contributed by atoms with van der Waals surface area (Å²) in [6.45, 7) is 1.93. The van der Waals surface area contributed by atoms with Crippen molar-refractivity contribution in [3.63, 3.8) is 0 Å². The Kier molecular flexibility index (Phi) is 2.56. The number of hydrogen-bond acceptors (Lipinski definition) is 6. The molecule has 2 aromatic heterocycles. The Labute approximate surface area is 113 Å². The lowest BCUT2D eigenvalue weighted by molar-refractivity contribution is -0.385. The fourth-order valence-electron chi connectivity index (χ4n) is 1.96. The zero-order valence-corrected chi connectivity index (χ0v) is 10.5. The zero-order valence-electron chi connectivity index (χ0n) is 10.5. The van der Waals surface area contributed by atoms with Crippen molar-refractivity contribution >= 4 is 22.5 Å². The number of nitro groups is 1. The lowest BCUT2D eigenvalue weighted by Gasteiger charge is -2.04. The first-order chi connectivity index (χ1) is 9.56. The fraction of sp³-hybridized carbons (Fsp3) is 0.0833. The molecule has 8 nitrogen and oxygen atoms in total. The van der Waals surface area contributed by atoms with Crippen LogP contribution >= 0.6 is 0 Å². The van der Waals surface area contributed by atoms with Crippen molar-refractivity contribution in [3.05, 3.63) is 46.3 Å². The number of aromatic nitrogens is 4. The van der Waals surface area contributed by atoms with Gasteiger partial charge in [-0.2, -0.15) is 10.1 Å². The molecule has 0 aliphatic rings. The second kappa shape index (κ2) is 4.26. The first-order valence-electron chi connectivity index (χ1n) is 5.78. The summed E-state index contributed by atoms with van der Waals surface area (Å²) in [6, 6.07) is 5.71. The van der Waals surface area contributed by atoms with E-state index in [1.807, 2.05) is 25.1 Å². The third-order valence-corrected chi connectivity index (χ3v) is 2.89. The second-order valence-corrected chi connectivity index (χ2v) is 4.31. The van der Waals surface area contributed by atoms with E-state index < -0.39 is 4.92 Å². The van der Waals surface area contributed by atoms with Crippen LogP contribution in [0.25, 0.3) is 16.7 Å². The quantitative estimate of drug-likeness (QED) is 0.559. The Bertz CT molecular complexity index is 826. The summed E-state index contributed by atoms with van der Waals surface area (Å²) in [5.41, 5.74) is 7.02. The highest BCUT2D eigenvalue weighted by Gasteiger charge is 2.20. The molecule has 100 valence electrons. The van der Waals surface area contributed by atoms with Gasteiger partial charge >= 0.3 is 5.69 Å². The van der Waals surface area contributed by atoms with E-state index in [9.17, 15) is 10.1 Å². The molecular weight excluding hydrogens is 260 g/mol. The van der Waals surface area contributed by atoms with Gasteiger partial charge in [0.15, 0.2) is 0 Å². The summed E-state index contributed by atoms with van der Waals surface area (Å²) >= 11 is 0. The van der Waals surface area contributed by atoms with Crippen LogP contribution in [-0.2, 0) is 0 Å². The van der Waals surface area contributed by atoms with Crippen molar-refractivity contribution in [1.82, 2.24) is 19.7 Å². The molecule has 20 heavy (non-hydrogen) atoms. The summed E-state index contributed by atoms with van der Waals surface area (Å²) < 4.78 is 1.40. The van der Waals surface area contributed by atoms with Crippen LogP contribution in [0.15, 0.2) is 30.6 Å². The van der Waals surface area contributed by atoms with Gasteiger partial charge in [0.2, 0.25) is 11.8 Å². The largest absolute Gasteiger partial charge is 0.368 e. The molecule has 0 radical (unpaired) electrons. The predicted octanol–water partition coefficient (Wildman–Crippen LogP) is 1.61. The molecule has 0 amide bonds. The van der Waals surface area contributed by atoms with Gasteiger partial charge in [-0.25, -0.2) is 9.67 Å². The highest BCUT2D eigenvalue weighted by molar-refractivity contribution is 5.81. The lowest BCUT2D eigenvalue weighted by atomic mass is 10.2. The smallest absolute Gasteiger partial charge is 0.332 e. The van der Waals surface area contributed by atoms with Crippen LogP contribution in [0.2, 0.25) is 0 Å². The minimum atomic E-state index is -0.557. The van der Waals surface area contributed by atoms with Crippen molar-refractivity contribution < 1.29 is 4.92 Å². The minimum absolute atomic E-state index is 0.0399. The maximum absolute atomic E-state index is 11.1. The Morgan fingerprint density at radius 1 is 1.35 bits per heavy atom. The summed E-state index contributed by atoms with van der Waals surface area (Å²) in [4.78, 5) is 18.1. The monoisotopic (exact) mass is 270 g/mol. The SMILES string of the molecule is Cc1ccc2cnn(-c3nc(N)ncc3[N+](=O)[O-])c2c1. The number of fused-ring (bicyclic) bond motifs is 1. The van der Waals surface area contributed by atoms with Crippen LogP contribution < -0.4 is 5.73 Å². The number of hydrogen-bond donors (Lipinski definition) is 1. The van der Waals surface area contributed by atoms with Crippen LogP contribution in [0.4, 0.5) is 11.6 Å². The third kappa shape index (κ3) is 1.83. The highest BCUT2D eigenvalue weighted by Crippen LogP contribution is 2.24. The molecule has 0 saturated heterocycles.